The number of rotatable bonds is 3. The lowest BCUT2D eigenvalue weighted by Crippen LogP contribution is -2.49. The van der Waals surface area contributed by atoms with Gasteiger partial charge < -0.3 is 4.90 Å². The van der Waals surface area contributed by atoms with Crippen molar-refractivity contribution in [2.75, 3.05) is 18.6 Å². The second-order valence-electron chi connectivity index (χ2n) is 3.89. The smallest absolute Gasteiger partial charge is 0.266 e. The van der Waals surface area contributed by atoms with Crippen LogP contribution in [0, 0.1) is 6.33 Å². The van der Waals surface area contributed by atoms with Gasteiger partial charge in [-0.3, -0.25) is 9.63 Å². The van der Waals surface area contributed by atoms with Crippen LogP contribution in [-0.2, 0) is 9.63 Å². The number of anilines is 1. The molecule has 2 heterocycles. The van der Waals surface area contributed by atoms with Crippen LogP contribution in [0.1, 0.15) is 19.3 Å². The van der Waals surface area contributed by atoms with Crippen molar-refractivity contribution in [1.82, 2.24) is 15.4 Å². The summed E-state index contributed by atoms with van der Waals surface area (Å²) in [4.78, 5) is 26.3. The highest BCUT2D eigenvalue weighted by Gasteiger charge is 2.29. The third kappa shape index (κ3) is 2.71. The van der Waals surface area contributed by atoms with Gasteiger partial charge in [-0.2, -0.15) is 0 Å². The van der Waals surface area contributed by atoms with E-state index in [1.54, 1.807) is 12.3 Å². The minimum Gasteiger partial charge on any atom is -0.344 e. The molecule has 6 heteroatoms. The predicted octanol–water partition coefficient (Wildman–Crippen LogP) is 0.313. The number of amides is 1. The monoisotopic (exact) mass is 235 g/mol. The predicted molar refractivity (Wildman–Crippen MR) is 61.0 cm³/mol. The summed E-state index contributed by atoms with van der Waals surface area (Å²) in [5.41, 5.74) is 2.38. The molecule has 91 valence electrons. The largest absolute Gasteiger partial charge is 0.344 e. The molecule has 1 amide bonds. The Kier molecular flexibility index (Phi) is 3.87. The number of nitrogens with zero attached hydrogens (tertiary/aromatic N) is 3. The molecule has 1 aliphatic rings. The van der Waals surface area contributed by atoms with Crippen molar-refractivity contribution in [2.24, 2.45) is 0 Å². The highest BCUT2D eigenvalue weighted by molar-refractivity contribution is 5.84. The van der Waals surface area contributed by atoms with Crippen molar-refractivity contribution < 1.29 is 9.63 Å². The molecule has 17 heavy (non-hydrogen) atoms. The second kappa shape index (κ2) is 5.58. The van der Waals surface area contributed by atoms with Crippen LogP contribution in [0.3, 0.4) is 0 Å². The van der Waals surface area contributed by atoms with Gasteiger partial charge >= 0.3 is 0 Å². The summed E-state index contributed by atoms with van der Waals surface area (Å²) >= 11 is 0. The Morgan fingerprint density at radius 1 is 1.65 bits per heavy atom. The third-order valence-electron chi connectivity index (χ3n) is 2.82. The molecule has 1 radical (unpaired) electrons. The van der Waals surface area contributed by atoms with Crippen LogP contribution >= 0.6 is 0 Å². The van der Waals surface area contributed by atoms with Crippen LogP contribution in [0.15, 0.2) is 12.3 Å². The summed E-state index contributed by atoms with van der Waals surface area (Å²) in [6.45, 7) is 0.812. The van der Waals surface area contributed by atoms with Crippen LogP contribution in [-0.4, -0.2) is 35.6 Å². The maximum absolute atomic E-state index is 11.9. The molecule has 0 aliphatic carbocycles. The van der Waals surface area contributed by atoms with E-state index in [2.05, 4.69) is 26.6 Å². The van der Waals surface area contributed by atoms with E-state index < -0.39 is 0 Å². The summed E-state index contributed by atoms with van der Waals surface area (Å²) in [7, 11) is 1.43. The Bertz CT molecular complexity index is 371. The quantitative estimate of drug-likeness (QED) is 0.764. The SMILES string of the molecule is CONC(=O)C1CCCCN1c1ccn[c]n1. The summed E-state index contributed by atoms with van der Waals surface area (Å²) in [5, 5.41) is 0. The van der Waals surface area contributed by atoms with Gasteiger partial charge in [-0.15, -0.1) is 0 Å². The van der Waals surface area contributed by atoms with E-state index in [9.17, 15) is 4.79 Å². The normalized spacial score (nSPS) is 20.1. The highest BCUT2D eigenvalue weighted by atomic mass is 16.6. The first kappa shape index (κ1) is 11.8. The summed E-state index contributed by atoms with van der Waals surface area (Å²) in [6, 6.07) is 1.56. The van der Waals surface area contributed by atoms with Gasteiger partial charge in [0.15, 0.2) is 6.33 Å². The Morgan fingerprint density at radius 3 is 3.24 bits per heavy atom. The van der Waals surface area contributed by atoms with Crippen molar-refractivity contribution in [1.29, 1.82) is 0 Å². The Balaban J connectivity index is 2.15. The third-order valence-corrected chi connectivity index (χ3v) is 2.82. The fourth-order valence-electron chi connectivity index (χ4n) is 2.06. The van der Waals surface area contributed by atoms with Gasteiger partial charge in [-0.25, -0.2) is 15.4 Å². The molecule has 1 aliphatic heterocycles. The first-order valence-electron chi connectivity index (χ1n) is 5.61. The Morgan fingerprint density at radius 2 is 2.53 bits per heavy atom. The minimum absolute atomic E-state index is 0.134. The summed E-state index contributed by atoms with van der Waals surface area (Å²) in [6.07, 6.45) is 7.07. The molecule has 1 aromatic rings. The fraction of sp³-hybridized carbons (Fsp3) is 0.545. The van der Waals surface area contributed by atoms with E-state index in [1.165, 1.54) is 7.11 Å². The fourth-order valence-corrected chi connectivity index (χ4v) is 2.06. The van der Waals surface area contributed by atoms with Crippen LogP contribution in [0.5, 0.6) is 0 Å². The van der Waals surface area contributed by atoms with Crippen molar-refractivity contribution >= 4 is 11.7 Å². The molecule has 1 fully saturated rings. The summed E-state index contributed by atoms with van der Waals surface area (Å²) in [5.74, 6) is 0.599. The molecule has 1 unspecified atom stereocenters. The van der Waals surface area contributed by atoms with E-state index in [0.717, 1.165) is 31.6 Å². The lowest BCUT2D eigenvalue weighted by atomic mass is 10.0. The maximum atomic E-state index is 11.9. The molecule has 0 saturated carbocycles. The van der Waals surface area contributed by atoms with Crippen LogP contribution in [0.2, 0.25) is 0 Å². The van der Waals surface area contributed by atoms with E-state index >= 15 is 0 Å². The van der Waals surface area contributed by atoms with Gasteiger partial charge in [-0.05, 0) is 25.3 Å². The van der Waals surface area contributed by atoms with Gasteiger partial charge in [0.1, 0.15) is 11.9 Å². The molecular formula is C11H15N4O2. The van der Waals surface area contributed by atoms with E-state index in [-0.39, 0.29) is 11.9 Å². The van der Waals surface area contributed by atoms with Gasteiger partial charge in [-0.1, -0.05) is 0 Å². The van der Waals surface area contributed by atoms with Crippen LogP contribution < -0.4 is 10.4 Å². The highest BCUT2D eigenvalue weighted by Crippen LogP contribution is 2.22. The Hall–Kier alpha value is -1.69. The average molecular weight is 235 g/mol. The zero-order chi connectivity index (χ0) is 12.1. The number of nitrogens with one attached hydrogen (secondary N) is 1. The standard InChI is InChI=1S/C11H15N4O2/c1-17-14-11(16)9-4-2-3-7-15(9)10-5-6-12-8-13-10/h5-6,9H,2-4,7H2,1H3,(H,14,16). The van der Waals surface area contributed by atoms with Crippen LogP contribution in [0.4, 0.5) is 5.82 Å². The molecule has 1 N–H and O–H groups in total. The molecule has 1 saturated heterocycles. The van der Waals surface area contributed by atoms with Crippen molar-refractivity contribution in [3.05, 3.63) is 18.6 Å². The minimum atomic E-state index is -0.230. The van der Waals surface area contributed by atoms with Gasteiger partial charge in [0.05, 0.1) is 7.11 Å². The lowest BCUT2D eigenvalue weighted by Gasteiger charge is -2.35. The van der Waals surface area contributed by atoms with Gasteiger partial charge in [0.25, 0.3) is 5.91 Å². The number of carbonyl (C=O) groups excluding carboxylic acids is 1. The van der Waals surface area contributed by atoms with Crippen molar-refractivity contribution in [3.63, 3.8) is 0 Å². The maximum Gasteiger partial charge on any atom is 0.266 e. The van der Waals surface area contributed by atoms with E-state index in [0.29, 0.717) is 0 Å². The van der Waals surface area contributed by atoms with Gasteiger partial charge in [0.2, 0.25) is 0 Å². The molecule has 0 bridgehead atoms. The number of hydrogen-bond donors (Lipinski definition) is 1. The lowest BCUT2D eigenvalue weighted by molar-refractivity contribution is -0.133. The first-order valence-corrected chi connectivity index (χ1v) is 5.61. The average Bonchev–Trinajstić information content (AvgIpc) is 2.40. The molecule has 1 atom stereocenters. The molecule has 0 aromatic carbocycles. The van der Waals surface area contributed by atoms with Crippen molar-refractivity contribution in [2.45, 2.75) is 25.3 Å². The summed E-state index contributed by atoms with van der Waals surface area (Å²) < 4.78 is 0. The van der Waals surface area contributed by atoms with Crippen LogP contribution in [0.25, 0.3) is 0 Å². The molecule has 1 aromatic heterocycles. The number of piperidine rings is 1. The first-order chi connectivity index (χ1) is 8.33. The second-order valence-corrected chi connectivity index (χ2v) is 3.89. The van der Waals surface area contributed by atoms with E-state index in [4.69, 9.17) is 0 Å². The number of aromatic nitrogens is 2. The molecule has 2 rings (SSSR count). The molecular weight excluding hydrogens is 220 g/mol. The number of hydroxylamine groups is 1. The zero-order valence-electron chi connectivity index (χ0n) is 9.72. The Labute approximate surface area is 100.0 Å². The zero-order valence-corrected chi connectivity index (χ0v) is 9.72. The molecule has 6 nitrogen and oxygen atoms in total. The molecule has 0 spiro atoms. The topological polar surface area (TPSA) is 67.3 Å². The van der Waals surface area contributed by atoms with Crippen molar-refractivity contribution in [3.8, 4) is 0 Å². The number of hydrogen-bond acceptors (Lipinski definition) is 5. The number of carbonyl (C=O) groups is 1. The van der Waals surface area contributed by atoms with E-state index in [1.807, 2.05) is 4.90 Å². The van der Waals surface area contributed by atoms with Gasteiger partial charge in [0, 0.05) is 12.7 Å².